The minimum absolute atomic E-state index is 0.268. The monoisotopic (exact) mass is 370 g/mol. The second-order valence-electron chi connectivity index (χ2n) is 5.11. The summed E-state index contributed by atoms with van der Waals surface area (Å²) in [4.78, 5) is 16.5. The second kappa shape index (κ2) is 7.96. The first-order valence-corrected chi connectivity index (χ1v) is 8.75. The van der Waals surface area contributed by atoms with Crippen molar-refractivity contribution in [3.05, 3.63) is 70.6 Å². The average Bonchev–Trinajstić information content (AvgIpc) is 3.09. The average molecular weight is 371 g/mol. The molecule has 0 saturated carbocycles. The summed E-state index contributed by atoms with van der Waals surface area (Å²) < 4.78 is 5.25. The zero-order valence-corrected chi connectivity index (χ0v) is 15.0. The Morgan fingerprint density at radius 1 is 1.24 bits per heavy atom. The first kappa shape index (κ1) is 17.2. The fourth-order valence-corrected chi connectivity index (χ4v) is 3.12. The van der Waals surface area contributed by atoms with Crippen LogP contribution in [0.1, 0.15) is 5.56 Å². The number of anilines is 1. The Hall–Kier alpha value is -2.63. The summed E-state index contributed by atoms with van der Waals surface area (Å²) >= 11 is 7.36. The van der Waals surface area contributed by atoms with Gasteiger partial charge in [-0.2, -0.15) is 0 Å². The molecule has 0 aliphatic carbocycles. The van der Waals surface area contributed by atoms with Gasteiger partial charge in [-0.3, -0.25) is 10.1 Å². The lowest BCUT2D eigenvalue weighted by molar-refractivity contribution is -0.111. The van der Waals surface area contributed by atoms with Crippen molar-refractivity contribution >= 4 is 40.1 Å². The topological polar surface area (TPSA) is 51.2 Å². The molecule has 0 unspecified atom stereocenters. The molecule has 0 bridgehead atoms. The van der Waals surface area contributed by atoms with Crippen LogP contribution in [-0.2, 0) is 4.79 Å². The molecule has 0 fully saturated rings. The Kier molecular flexibility index (Phi) is 5.48. The van der Waals surface area contributed by atoms with Gasteiger partial charge in [0.05, 0.1) is 12.8 Å². The number of thiazole rings is 1. The number of hydrogen-bond acceptors (Lipinski definition) is 4. The van der Waals surface area contributed by atoms with Crippen molar-refractivity contribution in [2.75, 3.05) is 12.4 Å². The van der Waals surface area contributed by atoms with E-state index in [2.05, 4.69) is 10.3 Å². The maximum Gasteiger partial charge on any atom is 0.250 e. The maximum absolute atomic E-state index is 12.1. The number of halogens is 1. The molecule has 0 spiro atoms. The van der Waals surface area contributed by atoms with Gasteiger partial charge >= 0.3 is 0 Å². The number of benzene rings is 2. The van der Waals surface area contributed by atoms with Gasteiger partial charge < -0.3 is 4.74 Å². The summed E-state index contributed by atoms with van der Waals surface area (Å²) in [6.07, 6.45) is 3.09. The highest BCUT2D eigenvalue weighted by Gasteiger charge is 2.07. The molecule has 25 heavy (non-hydrogen) atoms. The predicted octanol–water partition coefficient (Wildman–Crippen LogP) is 5.12. The molecule has 126 valence electrons. The van der Waals surface area contributed by atoms with Gasteiger partial charge in [0.15, 0.2) is 5.13 Å². The van der Waals surface area contributed by atoms with Gasteiger partial charge in [0, 0.05) is 27.6 Å². The number of amides is 1. The number of carbonyl (C=O) groups is 1. The molecular weight excluding hydrogens is 356 g/mol. The molecule has 2 aromatic carbocycles. The standard InChI is InChI=1S/C19H15ClN2O2S/c1-24-17-9-8-15(20)11-14(17)7-10-18(23)22-19-21-16(12-25-19)13-5-3-2-4-6-13/h2-12H,1H3,(H,21,22,23)/b10-7+. The van der Waals surface area contributed by atoms with E-state index in [1.54, 1.807) is 31.4 Å². The van der Waals surface area contributed by atoms with Crippen molar-refractivity contribution in [2.45, 2.75) is 0 Å². The normalized spacial score (nSPS) is 10.8. The van der Waals surface area contributed by atoms with Crippen LogP contribution in [0, 0.1) is 0 Å². The van der Waals surface area contributed by atoms with Gasteiger partial charge in [0.1, 0.15) is 5.75 Å². The number of ether oxygens (including phenoxy) is 1. The van der Waals surface area contributed by atoms with Gasteiger partial charge in [-0.15, -0.1) is 11.3 Å². The Morgan fingerprint density at radius 3 is 2.80 bits per heavy atom. The van der Waals surface area contributed by atoms with E-state index in [9.17, 15) is 4.79 Å². The van der Waals surface area contributed by atoms with Crippen molar-refractivity contribution in [1.82, 2.24) is 4.98 Å². The van der Waals surface area contributed by atoms with E-state index >= 15 is 0 Å². The van der Waals surface area contributed by atoms with E-state index in [1.165, 1.54) is 17.4 Å². The first-order valence-electron chi connectivity index (χ1n) is 7.49. The summed E-state index contributed by atoms with van der Waals surface area (Å²) in [5, 5.41) is 5.80. The summed E-state index contributed by atoms with van der Waals surface area (Å²) in [5.74, 6) is 0.380. The molecule has 4 nitrogen and oxygen atoms in total. The lowest BCUT2D eigenvalue weighted by Crippen LogP contribution is -2.07. The molecule has 1 aromatic heterocycles. The van der Waals surface area contributed by atoms with Crippen molar-refractivity contribution in [3.8, 4) is 17.0 Å². The number of methoxy groups -OCH3 is 1. The predicted molar refractivity (Wildman–Crippen MR) is 103 cm³/mol. The summed E-state index contributed by atoms with van der Waals surface area (Å²) in [6.45, 7) is 0. The maximum atomic E-state index is 12.1. The van der Waals surface area contributed by atoms with Crippen LogP contribution in [0.3, 0.4) is 0 Å². The lowest BCUT2D eigenvalue weighted by Gasteiger charge is -2.04. The van der Waals surface area contributed by atoms with Crippen LogP contribution in [-0.4, -0.2) is 18.0 Å². The van der Waals surface area contributed by atoms with Crippen LogP contribution in [0.25, 0.3) is 17.3 Å². The van der Waals surface area contributed by atoms with Gasteiger partial charge in [0.2, 0.25) is 5.91 Å². The summed E-state index contributed by atoms with van der Waals surface area (Å²) in [5.41, 5.74) is 2.58. The van der Waals surface area contributed by atoms with Gasteiger partial charge in [-0.1, -0.05) is 41.9 Å². The number of hydrogen-bond donors (Lipinski definition) is 1. The Bertz CT molecular complexity index is 907. The SMILES string of the molecule is COc1ccc(Cl)cc1/C=C/C(=O)Nc1nc(-c2ccccc2)cs1. The second-order valence-corrected chi connectivity index (χ2v) is 6.41. The Balaban J connectivity index is 1.69. The van der Waals surface area contributed by atoms with E-state index in [-0.39, 0.29) is 5.91 Å². The number of carbonyl (C=O) groups excluding carboxylic acids is 1. The number of aromatic nitrogens is 1. The van der Waals surface area contributed by atoms with Gasteiger partial charge in [-0.25, -0.2) is 4.98 Å². The number of rotatable bonds is 5. The molecule has 0 aliphatic rings. The van der Waals surface area contributed by atoms with Crippen molar-refractivity contribution in [3.63, 3.8) is 0 Å². The third-order valence-corrected chi connectivity index (χ3v) is 4.40. The number of nitrogens with zero attached hydrogens (tertiary/aromatic N) is 1. The van der Waals surface area contributed by atoms with E-state index in [1.807, 2.05) is 35.7 Å². The smallest absolute Gasteiger partial charge is 0.250 e. The van der Waals surface area contributed by atoms with E-state index in [4.69, 9.17) is 16.3 Å². The lowest BCUT2D eigenvalue weighted by atomic mass is 10.2. The van der Waals surface area contributed by atoms with Gasteiger partial charge in [-0.05, 0) is 24.3 Å². The molecule has 6 heteroatoms. The van der Waals surface area contributed by atoms with Crippen LogP contribution in [0.15, 0.2) is 60.0 Å². The van der Waals surface area contributed by atoms with Crippen LogP contribution in [0.2, 0.25) is 5.02 Å². The Labute approximate surface area is 154 Å². The fourth-order valence-electron chi connectivity index (χ4n) is 2.22. The van der Waals surface area contributed by atoms with Crippen molar-refractivity contribution < 1.29 is 9.53 Å². The molecule has 1 heterocycles. The van der Waals surface area contributed by atoms with Crippen LogP contribution >= 0.6 is 22.9 Å². The molecule has 1 N–H and O–H groups in total. The molecule has 1 amide bonds. The van der Waals surface area contributed by atoms with Crippen molar-refractivity contribution in [1.29, 1.82) is 0 Å². The third-order valence-electron chi connectivity index (χ3n) is 3.41. The van der Waals surface area contributed by atoms with E-state index < -0.39 is 0 Å². The molecule has 3 aromatic rings. The number of nitrogens with one attached hydrogen (secondary N) is 1. The highest BCUT2D eigenvalue weighted by Crippen LogP contribution is 2.25. The third kappa shape index (κ3) is 4.47. The Morgan fingerprint density at radius 2 is 2.04 bits per heavy atom. The highest BCUT2D eigenvalue weighted by molar-refractivity contribution is 7.14. The zero-order chi connectivity index (χ0) is 17.6. The highest BCUT2D eigenvalue weighted by atomic mass is 35.5. The molecule has 0 atom stereocenters. The zero-order valence-electron chi connectivity index (χ0n) is 13.4. The van der Waals surface area contributed by atoms with Crippen LogP contribution in [0.4, 0.5) is 5.13 Å². The summed E-state index contributed by atoms with van der Waals surface area (Å²) in [7, 11) is 1.57. The molecule has 0 saturated heterocycles. The van der Waals surface area contributed by atoms with Crippen LogP contribution in [0.5, 0.6) is 5.75 Å². The molecule has 0 aliphatic heterocycles. The fraction of sp³-hybridized carbons (Fsp3) is 0.0526. The minimum Gasteiger partial charge on any atom is -0.496 e. The largest absolute Gasteiger partial charge is 0.496 e. The molecule has 0 radical (unpaired) electrons. The van der Waals surface area contributed by atoms with E-state index in [0.29, 0.717) is 15.9 Å². The minimum atomic E-state index is -0.268. The first-order chi connectivity index (χ1) is 12.2. The van der Waals surface area contributed by atoms with Crippen LogP contribution < -0.4 is 10.1 Å². The van der Waals surface area contributed by atoms with Gasteiger partial charge in [0.25, 0.3) is 0 Å². The van der Waals surface area contributed by atoms with E-state index in [0.717, 1.165) is 16.8 Å². The quantitative estimate of drug-likeness (QED) is 0.634. The van der Waals surface area contributed by atoms with Crippen molar-refractivity contribution in [2.24, 2.45) is 0 Å². The molecular formula is C19H15ClN2O2S. The molecule has 3 rings (SSSR count). The summed E-state index contributed by atoms with van der Waals surface area (Å²) in [6, 6.07) is 15.0.